The number of hydrogen-bond donors (Lipinski definition) is 2. The monoisotopic (exact) mass is 323 g/mol. The molecule has 0 saturated carbocycles. The molecule has 0 radical (unpaired) electrons. The maximum Gasteiger partial charge on any atom is 0.239 e. The second kappa shape index (κ2) is 7.90. The zero-order chi connectivity index (χ0) is 17.0. The molecule has 0 bridgehead atoms. The van der Waals surface area contributed by atoms with Gasteiger partial charge in [-0.15, -0.1) is 0 Å². The minimum atomic E-state index is -0.316. The lowest BCUT2D eigenvalue weighted by Gasteiger charge is -2.40. The molecule has 0 aliphatic carbocycles. The predicted molar refractivity (Wildman–Crippen MR) is 90.4 cm³/mol. The van der Waals surface area contributed by atoms with E-state index in [1.165, 1.54) is 0 Å². The quantitative estimate of drug-likeness (QED) is 0.810. The number of β-amino-alcohol motifs (C(OH)–C–C–N with tert-alkyl or cyclic N) is 1. The summed E-state index contributed by atoms with van der Waals surface area (Å²) < 4.78 is 1.81. The minimum Gasteiger partial charge on any atom is -0.392 e. The van der Waals surface area contributed by atoms with E-state index in [-0.39, 0.29) is 18.1 Å². The number of anilines is 1. The van der Waals surface area contributed by atoms with Gasteiger partial charge in [-0.25, -0.2) is 4.68 Å². The number of piperazine rings is 1. The fourth-order valence-corrected chi connectivity index (χ4v) is 3.04. The fraction of sp³-hybridized carbons (Fsp3) is 0.750. The van der Waals surface area contributed by atoms with Crippen LogP contribution in [0, 0.1) is 0 Å². The summed E-state index contributed by atoms with van der Waals surface area (Å²) in [5.41, 5.74) is 0. The van der Waals surface area contributed by atoms with Crippen LogP contribution in [0.15, 0.2) is 12.3 Å². The molecule has 1 aromatic rings. The number of carbonyl (C=O) groups excluding carboxylic acids is 1. The van der Waals surface area contributed by atoms with Crippen molar-refractivity contribution in [3.8, 4) is 0 Å². The lowest BCUT2D eigenvalue weighted by atomic mass is 10.1. The molecular formula is C16H29N5O2. The van der Waals surface area contributed by atoms with E-state index in [9.17, 15) is 9.90 Å². The number of aliphatic hydroxyl groups is 1. The lowest BCUT2D eigenvalue weighted by molar-refractivity contribution is -0.118. The van der Waals surface area contributed by atoms with Crippen LogP contribution in [0.2, 0.25) is 0 Å². The SMILES string of the molecule is CC(C)n1nccc1NC(=O)CN1CCN(C[C@@H](C)O)[C@H](C)C1. The maximum absolute atomic E-state index is 12.3. The highest BCUT2D eigenvalue weighted by Crippen LogP contribution is 2.14. The topological polar surface area (TPSA) is 73.6 Å². The average Bonchev–Trinajstić information content (AvgIpc) is 2.89. The molecule has 7 nitrogen and oxygen atoms in total. The van der Waals surface area contributed by atoms with Crippen molar-refractivity contribution >= 4 is 11.7 Å². The van der Waals surface area contributed by atoms with E-state index in [0.29, 0.717) is 19.1 Å². The number of nitrogens with one attached hydrogen (secondary N) is 1. The molecule has 0 unspecified atom stereocenters. The fourth-order valence-electron chi connectivity index (χ4n) is 3.04. The normalized spacial score (nSPS) is 21.6. The van der Waals surface area contributed by atoms with Crippen LogP contribution in [-0.2, 0) is 4.79 Å². The maximum atomic E-state index is 12.3. The number of aromatic nitrogens is 2. The van der Waals surface area contributed by atoms with Gasteiger partial charge in [0.15, 0.2) is 0 Å². The molecule has 2 heterocycles. The van der Waals surface area contributed by atoms with E-state index in [1.807, 2.05) is 26.8 Å². The summed E-state index contributed by atoms with van der Waals surface area (Å²) in [7, 11) is 0. The summed E-state index contributed by atoms with van der Waals surface area (Å²) in [4.78, 5) is 16.7. The Balaban J connectivity index is 1.83. The first-order chi connectivity index (χ1) is 10.9. The first kappa shape index (κ1) is 17.9. The van der Waals surface area contributed by atoms with Crippen LogP contribution in [0.5, 0.6) is 0 Å². The van der Waals surface area contributed by atoms with E-state index >= 15 is 0 Å². The second-order valence-corrected chi connectivity index (χ2v) is 6.73. The van der Waals surface area contributed by atoms with Crippen LogP contribution in [0.1, 0.15) is 33.7 Å². The van der Waals surface area contributed by atoms with E-state index < -0.39 is 0 Å². The minimum absolute atomic E-state index is 0.0106. The van der Waals surface area contributed by atoms with Gasteiger partial charge in [0.25, 0.3) is 0 Å². The molecule has 1 amide bonds. The Kier molecular flexibility index (Phi) is 6.15. The lowest BCUT2D eigenvalue weighted by Crippen LogP contribution is -2.54. The van der Waals surface area contributed by atoms with Crippen molar-refractivity contribution in [3.05, 3.63) is 12.3 Å². The Bertz CT molecular complexity index is 514. The molecular weight excluding hydrogens is 294 g/mol. The molecule has 2 atom stereocenters. The number of rotatable bonds is 6. The van der Waals surface area contributed by atoms with Gasteiger partial charge in [-0.05, 0) is 27.7 Å². The van der Waals surface area contributed by atoms with Crippen molar-refractivity contribution in [2.45, 2.75) is 45.9 Å². The van der Waals surface area contributed by atoms with Crippen LogP contribution in [0.25, 0.3) is 0 Å². The number of amides is 1. The summed E-state index contributed by atoms with van der Waals surface area (Å²) in [6, 6.07) is 2.37. The Morgan fingerprint density at radius 2 is 2.17 bits per heavy atom. The van der Waals surface area contributed by atoms with Gasteiger partial charge in [0.1, 0.15) is 5.82 Å². The number of carbonyl (C=O) groups is 1. The van der Waals surface area contributed by atoms with E-state index in [2.05, 4.69) is 27.1 Å². The summed E-state index contributed by atoms with van der Waals surface area (Å²) in [5, 5.41) is 16.7. The van der Waals surface area contributed by atoms with E-state index in [4.69, 9.17) is 0 Å². The van der Waals surface area contributed by atoms with Crippen molar-refractivity contribution in [1.29, 1.82) is 0 Å². The standard InChI is InChI=1S/C16H29N5O2/c1-12(2)21-15(5-6-17-21)18-16(23)11-19-7-8-20(10-14(4)22)13(3)9-19/h5-6,12-14,22H,7-11H2,1-4H3,(H,18,23)/t13-,14-/m1/s1. The number of nitrogens with zero attached hydrogens (tertiary/aromatic N) is 4. The molecule has 0 spiro atoms. The van der Waals surface area contributed by atoms with Crippen LogP contribution < -0.4 is 5.32 Å². The number of aliphatic hydroxyl groups excluding tert-OH is 1. The number of hydrogen-bond acceptors (Lipinski definition) is 5. The highest BCUT2D eigenvalue weighted by Gasteiger charge is 2.25. The van der Waals surface area contributed by atoms with Gasteiger partial charge in [0.05, 0.1) is 18.8 Å². The molecule has 1 fully saturated rings. The van der Waals surface area contributed by atoms with Gasteiger partial charge < -0.3 is 10.4 Å². The highest BCUT2D eigenvalue weighted by atomic mass is 16.3. The van der Waals surface area contributed by atoms with Crippen LogP contribution in [0.3, 0.4) is 0 Å². The van der Waals surface area contributed by atoms with Gasteiger partial charge >= 0.3 is 0 Å². The molecule has 1 saturated heterocycles. The molecule has 1 aromatic heterocycles. The van der Waals surface area contributed by atoms with Crippen molar-refractivity contribution in [2.75, 3.05) is 38.0 Å². The smallest absolute Gasteiger partial charge is 0.239 e. The molecule has 1 aliphatic heterocycles. The molecule has 2 rings (SSSR count). The summed E-state index contributed by atoms with van der Waals surface area (Å²) in [6.45, 7) is 11.6. The third-order valence-electron chi connectivity index (χ3n) is 4.14. The van der Waals surface area contributed by atoms with Crippen molar-refractivity contribution in [1.82, 2.24) is 19.6 Å². The van der Waals surface area contributed by atoms with Crippen LogP contribution in [-0.4, -0.2) is 75.5 Å². The van der Waals surface area contributed by atoms with Crippen LogP contribution in [0.4, 0.5) is 5.82 Å². The van der Waals surface area contributed by atoms with Gasteiger partial charge in [-0.2, -0.15) is 5.10 Å². The Hall–Kier alpha value is -1.44. The zero-order valence-electron chi connectivity index (χ0n) is 14.6. The van der Waals surface area contributed by atoms with Gasteiger partial charge in [-0.3, -0.25) is 14.6 Å². The predicted octanol–water partition coefficient (Wildman–Crippen LogP) is 0.789. The van der Waals surface area contributed by atoms with Gasteiger partial charge in [-0.1, -0.05) is 0 Å². The Labute approximate surface area is 138 Å². The first-order valence-electron chi connectivity index (χ1n) is 8.34. The summed E-state index contributed by atoms with van der Waals surface area (Å²) >= 11 is 0. The third kappa shape index (κ3) is 5.02. The van der Waals surface area contributed by atoms with Crippen molar-refractivity contribution in [2.24, 2.45) is 0 Å². The first-order valence-corrected chi connectivity index (χ1v) is 8.34. The van der Waals surface area contributed by atoms with Gasteiger partial charge in [0.2, 0.25) is 5.91 Å². The summed E-state index contributed by atoms with van der Waals surface area (Å²) in [5.74, 6) is 0.731. The van der Waals surface area contributed by atoms with Gasteiger partial charge in [0, 0.05) is 44.3 Å². The summed E-state index contributed by atoms with van der Waals surface area (Å²) in [6.07, 6.45) is 1.38. The molecule has 7 heteroatoms. The second-order valence-electron chi connectivity index (χ2n) is 6.73. The van der Waals surface area contributed by atoms with Crippen molar-refractivity contribution < 1.29 is 9.90 Å². The molecule has 1 aliphatic rings. The zero-order valence-corrected chi connectivity index (χ0v) is 14.6. The average molecular weight is 323 g/mol. The van der Waals surface area contributed by atoms with Crippen molar-refractivity contribution in [3.63, 3.8) is 0 Å². The Morgan fingerprint density at radius 3 is 2.78 bits per heavy atom. The molecule has 23 heavy (non-hydrogen) atoms. The third-order valence-corrected chi connectivity index (χ3v) is 4.14. The van der Waals surface area contributed by atoms with E-state index in [1.54, 1.807) is 10.9 Å². The molecule has 2 N–H and O–H groups in total. The molecule has 130 valence electrons. The molecule has 0 aromatic carbocycles. The van der Waals surface area contributed by atoms with Crippen LogP contribution >= 0.6 is 0 Å². The largest absolute Gasteiger partial charge is 0.392 e. The Morgan fingerprint density at radius 1 is 1.43 bits per heavy atom. The highest BCUT2D eigenvalue weighted by molar-refractivity contribution is 5.91. The van der Waals surface area contributed by atoms with E-state index in [0.717, 1.165) is 25.5 Å².